The van der Waals surface area contributed by atoms with Crippen LogP contribution >= 0.6 is 11.6 Å². The van der Waals surface area contributed by atoms with Gasteiger partial charge in [-0.3, -0.25) is 0 Å². The van der Waals surface area contributed by atoms with Gasteiger partial charge in [0.1, 0.15) is 0 Å². The maximum atomic E-state index is 5.99. The summed E-state index contributed by atoms with van der Waals surface area (Å²) >= 11 is 5.42. The molecule has 0 heterocycles. The van der Waals surface area contributed by atoms with Crippen LogP contribution in [0.4, 0.5) is 0 Å². The van der Waals surface area contributed by atoms with Gasteiger partial charge in [0, 0.05) is 0 Å². The zero-order valence-electron chi connectivity index (χ0n) is 6.84. The van der Waals surface area contributed by atoms with Crippen LogP contribution in [0.5, 0.6) is 0 Å². The van der Waals surface area contributed by atoms with Gasteiger partial charge >= 0.3 is 77.7 Å². The molecule has 0 N–H and O–H groups in total. The summed E-state index contributed by atoms with van der Waals surface area (Å²) in [6, 6.07) is 8.12. The van der Waals surface area contributed by atoms with Crippen LogP contribution in [0.3, 0.4) is 0 Å². The molecule has 0 saturated carbocycles. The summed E-state index contributed by atoms with van der Waals surface area (Å²) in [6.07, 6.45) is 0. The van der Waals surface area contributed by atoms with Gasteiger partial charge in [-0.15, -0.1) is 0 Å². The minimum absolute atomic E-state index is 0.569. The molecular weight excluding hydrogens is 218 g/mol. The van der Waals surface area contributed by atoms with Crippen molar-refractivity contribution in [3.8, 4) is 0 Å². The summed E-state index contributed by atoms with van der Waals surface area (Å²) in [4.78, 5) is 0. The zero-order chi connectivity index (χ0) is 8.27. The Hall–Kier alpha value is 0.0684. The van der Waals surface area contributed by atoms with Crippen molar-refractivity contribution >= 4 is 26.3 Å². The van der Waals surface area contributed by atoms with Crippen LogP contribution in [-0.2, 0) is 5.21 Å². The van der Waals surface area contributed by atoms with Crippen LogP contribution < -0.4 is 0 Å². The quantitative estimate of drug-likeness (QED) is 0.685. The average Bonchev–Trinajstić information content (AvgIpc) is 1.93. The number of benzene rings is 1. The monoisotopic (exact) mass is 230 g/mol. The number of hydrogen-bond donors (Lipinski definition) is 0. The van der Waals surface area contributed by atoms with Crippen LogP contribution in [0.25, 0.3) is 0 Å². The number of rotatable bonds is 2. The summed E-state index contributed by atoms with van der Waals surface area (Å²) in [5, 5.41) is 2.14. The molecule has 1 aromatic rings. The van der Waals surface area contributed by atoms with E-state index in [1.165, 1.54) is 10.8 Å². The topological polar surface area (TPSA) is 0 Å². The molecule has 2 heteroatoms. The molecule has 0 amide bonds. The molecule has 0 nitrogen and oxygen atoms in total. The standard InChI is InChI=1S/C9H12AsCl/c1-10(2)7-8-5-3-4-6-9(8)11/h3-6H,7H2,1-2H3. The van der Waals surface area contributed by atoms with Crippen molar-refractivity contribution in [3.63, 3.8) is 0 Å². The molecule has 0 saturated heterocycles. The van der Waals surface area contributed by atoms with E-state index >= 15 is 0 Å². The van der Waals surface area contributed by atoms with Crippen molar-refractivity contribution in [3.05, 3.63) is 34.9 Å². The first kappa shape index (κ1) is 9.16. The summed E-state index contributed by atoms with van der Waals surface area (Å²) in [5.74, 6) is 0. The second-order valence-electron chi connectivity index (χ2n) is 2.83. The summed E-state index contributed by atoms with van der Waals surface area (Å²) in [7, 11) is 0. The Morgan fingerprint density at radius 3 is 2.45 bits per heavy atom. The SMILES string of the molecule is C[As](C)Cc1ccccc1Cl. The van der Waals surface area contributed by atoms with E-state index in [1.54, 1.807) is 0 Å². The molecule has 0 bridgehead atoms. The zero-order valence-corrected chi connectivity index (χ0v) is 9.47. The van der Waals surface area contributed by atoms with Crippen LogP contribution in [0.15, 0.2) is 24.3 Å². The van der Waals surface area contributed by atoms with Gasteiger partial charge in [-0.2, -0.15) is 0 Å². The van der Waals surface area contributed by atoms with E-state index in [4.69, 9.17) is 11.6 Å². The molecule has 60 valence electrons. The van der Waals surface area contributed by atoms with Gasteiger partial charge in [0.2, 0.25) is 0 Å². The van der Waals surface area contributed by atoms with Gasteiger partial charge in [-0.05, 0) is 0 Å². The van der Waals surface area contributed by atoms with Crippen molar-refractivity contribution in [2.75, 3.05) is 0 Å². The molecule has 0 fully saturated rings. The van der Waals surface area contributed by atoms with Gasteiger partial charge in [0.25, 0.3) is 0 Å². The summed E-state index contributed by atoms with van der Waals surface area (Å²) in [6.45, 7) is 0. The van der Waals surface area contributed by atoms with Gasteiger partial charge in [0.15, 0.2) is 0 Å². The van der Waals surface area contributed by atoms with Gasteiger partial charge in [-0.25, -0.2) is 0 Å². The van der Waals surface area contributed by atoms with E-state index in [2.05, 4.69) is 23.6 Å². The van der Waals surface area contributed by atoms with E-state index in [-0.39, 0.29) is 0 Å². The van der Waals surface area contributed by atoms with E-state index in [9.17, 15) is 0 Å². The second-order valence-corrected chi connectivity index (χ2v) is 8.43. The molecule has 0 aliphatic heterocycles. The van der Waals surface area contributed by atoms with E-state index in [1.807, 2.05) is 12.1 Å². The van der Waals surface area contributed by atoms with Crippen LogP contribution in [0.2, 0.25) is 16.4 Å². The first-order valence-corrected chi connectivity index (χ1v) is 9.04. The fourth-order valence-electron chi connectivity index (χ4n) is 0.967. The van der Waals surface area contributed by atoms with Crippen molar-refractivity contribution in [1.82, 2.24) is 0 Å². The Bertz CT molecular complexity index is 233. The van der Waals surface area contributed by atoms with Crippen molar-refractivity contribution in [1.29, 1.82) is 0 Å². The van der Waals surface area contributed by atoms with Crippen molar-refractivity contribution < 1.29 is 0 Å². The molecule has 1 rings (SSSR count). The molecule has 0 aromatic heterocycles. The molecule has 0 spiro atoms. The molecule has 0 unspecified atom stereocenters. The minimum atomic E-state index is -0.569. The first-order valence-electron chi connectivity index (χ1n) is 3.58. The third kappa shape index (κ3) is 2.89. The Morgan fingerprint density at radius 2 is 1.91 bits per heavy atom. The predicted molar refractivity (Wildman–Crippen MR) is 52.6 cm³/mol. The Kier molecular flexibility index (Phi) is 3.48. The molecule has 0 atom stereocenters. The van der Waals surface area contributed by atoms with Gasteiger partial charge in [0.05, 0.1) is 0 Å². The molecule has 0 aliphatic rings. The first-order chi connectivity index (χ1) is 5.20. The van der Waals surface area contributed by atoms with E-state index in [0.29, 0.717) is 0 Å². The fraction of sp³-hybridized carbons (Fsp3) is 0.333. The molecule has 1 aromatic carbocycles. The van der Waals surface area contributed by atoms with Crippen LogP contribution in [0.1, 0.15) is 5.56 Å². The molecule has 0 aliphatic carbocycles. The Morgan fingerprint density at radius 1 is 1.27 bits per heavy atom. The Balaban J connectivity index is 2.78. The van der Waals surface area contributed by atoms with Crippen LogP contribution in [-0.4, -0.2) is 14.7 Å². The summed E-state index contributed by atoms with van der Waals surface area (Å²) in [5.41, 5.74) is 6.01. The third-order valence-electron chi connectivity index (χ3n) is 1.44. The average molecular weight is 231 g/mol. The van der Waals surface area contributed by atoms with Gasteiger partial charge < -0.3 is 0 Å². The molecule has 0 radical (unpaired) electrons. The Labute approximate surface area is 77.8 Å². The van der Waals surface area contributed by atoms with E-state index < -0.39 is 14.7 Å². The predicted octanol–water partition coefficient (Wildman–Crippen LogP) is 3.18. The normalized spacial score (nSPS) is 10.5. The van der Waals surface area contributed by atoms with E-state index in [0.717, 1.165) is 5.02 Å². The number of halogens is 1. The summed E-state index contributed by atoms with van der Waals surface area (Å²) < 4.78 is 0. The molecule has 11 heavy (non-hydrogen) atoms. The van der Waals surface area contributed by atoms with Gasteiger partial charge in [-0.1, -0.05) is 0 Å². The third-order valence-corrected chi connectivity index (χ3v) is 3.85. The maximum absolute atomic E-state index is 5.99. The van der Waals surface area contributed by atoms with Crippen LogP contribution in [0, 0.1) is 0 Å². The van der Waals surface area contributed by atoms with Crippen molar-refractivity contribution in [2.45, 2.75) is 16.6 Å². The molecular formula is C9H12AsCl. The van der Waals surface area contributed by atoms with Crippen molar-refractivity contribution in [2.24, 2.45) is 0 Å². The second kappa shape index (κ2) is 4.18. The number of hydrogen-bond acceptors (Lipinski definition) is 0. The fourth-order valence-corrected chi connectivity index (χ4v) is 3.38.